The van der Waals surface area contributed by atoms with E-state index in [9.17, 15) is 18.0 Å². The van der Waals surface area contributed by atoms with Gasteiger partial charge in [-0.15, -0.1) is 0 Å². The van der Waals surface area contributed by atoms with E-state index in [1.54, 1.807) is 0 Å². The third-order valence-corrected chi connectivity index (χ3v) is 5.38. The molecule has 0 radical (unpaired) electrons. The molecule has 1 fully saturated rings. The number of piperidine rings is 1. The van der Waals surface area contributed by atoms with Crippen molar-refractivity contribution in [2.45, 2.75) is 64.7 Å². The van der Waals surface area contributed by atoms with Crippen molar-refractivity contribution in [1.82, 2.24) is 20.0 Å². The first-order chi connectivity index (χ1) is 12.7. The van der Waals surface area contributed by atoms with Crippen molar-refractivity contribution in [2.75, 3.05) is 19.6 Å². The number of halogens is 3. The summed E-state index contributed by atoms with van der Waals surface area (Å²) in [5, 5.41) is 7.20. The first kappa shape index (κ1) is 20.2. The van der Waals surface area contributed by atoms with Gasteiger partial charge >= 0.3 is 6.18 Å². The van der Waals surface area contributed by atoms with Crippen LogP contribution in [-0.4, -0.2) is 46.4 Å². The molecule has 0 unspecified atom stereocenters. The lowest BCUT2D eigenvalue weighted by Gasteiger charge is -2.33. The largest absolute Gasteiger partial charge is 0.408 e. The molecular weight excluding hydrogens is 357 g/mol. The van der Waals surface area contributed by atoms with Gasteiger partial charge in [0.2, 0.25) is 5.91 Å². The van der Waals surface area contributed by atoms with Gasteiger partial charge < -0.3 is 10.2 Å². The Kier molecular flexibility index (Phi) is 6.13. The predicted octanol–water partition coefficient (Wildman–Crippen LogP) is 3.31. The van der Waals surface area contributed by atoms with Crippen LogP contribution >= 0.6 is 0 Å². The normalized spacial score (nSPS) is 22.1. The Labute approximate surface area is 158 Å². The average Bonchev–Trinajstić information content (AvgIpc) is 2.96. The maximum atomic E-state index is 12.7. The topological polar surface area (TPSA) is 50.2 Å². The van der Waals surface area contributed by atoms with Gasteiger partial charge in [-0.3, -0.25) is 9.48 Å². The molecule has 0 saturated carbocycles. The number of nitrogens with one attached hydrogen (secondary N) is 1. The molecule has 1 aliphatic heterocycles. The number of fused-ring (bicyclic) bond motifs is 1. The van der Waals surface area contributed by atoms with Crippen molar-refractivity contribution in [2.24, 2.45) is 11.8 Å². The number of likely N-dealkylation sites (tertiary alicyclic amines) is 1. The maximum Gasteiger partial charge on any atom is 0.408 e. The van der Waals surface area contributed by atoms with Gasteiger partial charge in [-0.05, 0) is 56.7 Å². The molecule has 1 atom stereocenters. The molecule has 1 amide bonds. The Hall–Kier alpha value is -1.57. The Morgan fingerprint density at radius 1 is 1.30 bits per heavy atom. The van der Waals surface area contributed by atoms with Crippen molar-refractivity contribution in [3.63, 3.8) is 0 Å². The van der Waals surface area contributed by atoms with Gasteiger partial charge in [0.05, 0.1) is 11.7 Å². The first-order valence-electron chi connectivity index (χ1n) is 9.87. The molecule has 2 heterocycles. The highest BCUT2D eigenvalue weighted by Crippen LogP contribution is 2.30. The number of aromatic nitrogens is 2. The lowest BCUT2D eigenvalue weighted by molar-refractivity contribution is -0.142. The summed E-state index contributed by atoms with van der Waals surface area (Å²) in [7, 11) is 0. The zero-order chi connectivity index (χ0) is 19.6. The SMILES string of the molecule is CC(C)CN1CCC(C(=O)N[C@H]2CCCc3cn(CC(F)(F)F)nc32)CC1. The number of carbonyl (C=O) groups is 1. The number of aryl methyl sites for hydroxylation is 1. The minimum atomic E-state index is -4.29. The molecule has 27 heavy (non-hydrogen) atoms. The predicted molar refractivity (Wildman–Crippen MR) is 96.1 cm³/mol. The van der Waals surface area contributed by atoms with Crippen molar-refractivity contribution >= 4 is 5.91 Å². The van der Waals surface area contributed by atoms with Crippen LogP contribution in [0.25, 0.3) is 0 Å². The zero-order valence-electron chi connectivity index (χ0n) is 16.1. The van der Waals surface area contributed by atoms with Crippen molar-refractivity contribution in [3.05, 3.63) is 17.5 Å². The zero-order valence-corrected chi connectivity index (χ0v) is 16.1. The Balaban J connectivity index is 1.58. The fourth-order valence-corrected chi connectivity index (χ4v) is 4.19. The number of carbonyl (C=O) groups excluding carboxylic acids is 1. The van der Waals surface area contributed by atoms with Gasteiger partial charge in [-0.2, -0.15) is 18.3 Å². The molecule has 152 valence electrons. The van der Waals surface area contributed by atoms with E-state index < -0.39 is 12.7 Å². The Morgan fingerprint density at radius 2 is 2.00 bits per heavy atom. The van der Waals surface area contributed by atoms with Gasteiger partial charge in [0, 0.05) is 18.7 Å². The van der Waals surface area contributed by atoms with Crippen LogP contribution in [0.4, 0.5) is 13.2 Å². The quantitative estimate of drug-likeness (QED) is 0.845. The van der Waals surface area contributed by atoms with E-state index in [2.05, 4.69) is 29.2 Å². The van der Waals surface area contributed by atoms with Crippen LogP contribution in [-0.2, 0) is 17.8 Å². The lowest BCUT2D eigenvalue weighted by atomic mass is 9.91. The van der Waals surface area contributed by atoms with Crippen molar-refractivity contribution < 1.29 is 18.0 Å². The highest BCUT2D eigenvalue weighted by Gasteiger charge is 2.33. The molecule has 1 aliphatic carbocycles. The van der Waals surface area contributed by atoms with Crippen LogP contribution < -0.4 is 5.32 Å². The highest BCUT2D eigenvalue weighted by atomic mass is 19.4. The second-order valence-electron chi connectivity index (χ2n) is 8.27. The minimum Gasteiger partial charge on any atom is -0.347 e. The molecule has 3 rings (SSSR count). The highest BCUT2D eigenvalue weighted by molar-refractivity contribution is 5.79. The fraction of sp³-hybridized carbons (Fsp3) is 0.789. The summed E-state index contributed by atoms with van der Waals surface area (Å²) in [6.45, 7) is 6.19. The molecule has 0 bridgehead atoms. The summed E-state index contributed by atoms with van der Waals surface area (Å²) in [6, 6.07) is -0.274. The first-order valence-corrected chi connectivity index (χ1v) is 9.87. The molecule has 2 aliphatic rings. The second-order valence-corrected chi connectivity index (χ2v) is 8.27. The van der Waals surface area contributed by atoms with Crippen LogP contribution in [0.2, 0.25) is 0 Å². The number of alkyl halides is 3. The third-order valence-electron chi connectivity index (χ3n) is 5.38. The summed E-state index contributed by atoms with van der Waals surface area (Å²) in [5.74, 6) is 0.612. The molecule has 1 aromatic rings. The van der Waals surface area contributed by atoms with E-state index in [1.165, 1.54) is 6.20 Å². The molecule has 1 N–H and O–H groups in total. The van der Waals surface area contributed by atoms with E-state index in [4.69, 9.17) is 0 Å². The Bertz CT molecular complexity index is 648. The van der Waals surface area contributed by atoms with Crippen LogP contribution in [0.1, 0.15) is 56.8 Å². The van der Waals surface area contributed by atoms with Crippen LogP contribution in [0.5, 0.6) is 0 Å². The van der Waals surface area contributed by atoms with Gasteiger partial charge in [0.1, 0.15) is 6.54 Å². The molecule has 1 aromatic heterocycles. The van der Waals surface area contributed by atoms with Gasteiger partial charge in [0.15, 0.2) is 0 Å². The van der Waals surface area contributed by atoms with Gasteiger partial charge in [-0.1, -0.05) is 13.8 Å². The summed E-state index contributed by atoms with van der Waals surface area (Å²) < 4.78 is 38.9. The number of hydrogen-bond donors (Lipinski definition) is 1. The molecule has 0 aromatic carbocycles. The van der Waals surface area contributed by atoms with Crippen molar-refractivity contribution in [1.29, 1.82) is 0 Å². The molecule has 5 nitrogen and oxygen atoms in total. The lowest BCUT2D eigenvalue weighted by Crippen LogP contribution is -2.43. The molecular formula is C19H29F3N4O. The monoisotopic (exact) mass is 386 g/mol. The molecule has 1 saturated heterocycles. The van der Waals surface area contributed by atoms with Crippen molar-refractivity contribution in [3.8, 4) is 0 Å². The summed E-state index contributed by atoms with van der Waals surface area (Å²) in [6.07, 6.45) is 1.15. The standard InChI is InChI=1S/C19H29F3N4O/c1-13(2)10-25-8-6-14(7-9-25)18(27)23-16-5-3-4-15-11-26(24-17(15)16)12-19(20,21)22/h11,13-14,16H,3-10,12H2,1-2H3,(H,23,27)/t16-/m0/s1. The van der Waals surface area contributed by atoms with Gasteiger partial charge in [-0.25, -0.2) is 0 Å². The maximum absolute atomic E-state index is 12.7. The smallest absolute Gasteiger partial charge is 0.347 e. The van der Waals surface area contributed by atoms with E-state index in [0.717, 1.165) is 55.6 Å². The van der Waals surface area contributed by atoms with E-state index in [1.807, 2.05) is 0 Å². The second kappa shape index (κ2) is 8.20. The number of rotatable bonds is 5. The van der Waals surface area contributed by atoms with Gasteiger partial charge in [0.25, 0.3) is 0 Å². The van der Waals surface area contributed by atoms with E-state index in [-0.39, 0.29) is 17.9 Å². The van der Waals surface area contributed by atoms with Crippen LogP contribution in [0.15, 0.2) is 6.20 Å². The number of nitrogens with zero attached hydrogens (tertiary/aromatic N) is 3. The fourth-order valence-electron chi connectivity index (χ4n) is 4.19. The third kappa shape index (κ3) is 5.46. The van der Waals surface area contributed by atoms with E-state index in [0.29, 0.717) is 18.0 Å². The number of amides is 1. The van der Waals surface area contributed by atoms with Crippen LogP contribution in [0, 0.1) is 11.8 Å². The Morgan fingerprint density at radius 3 is 2.63 bits per heavy atom. The number of hydrogen-bond acceptors (Lipinski definition) is 3. The average molecular weight is 386 g/mol. The summed E-state index contributed by atoms with van der Waals surface area (Å²) in [5.41, 5.74) is 1.43. The van der Waals surface area contributed by atoms with E-state index >= 15 is 0 Å². The molecule has 0 spiro atoms. The summed E-state index contributed by atoms with van der Waals surface area (Å²) in [4.78, 5) is 15.1. The molecule has 8 heteroatoms. The summed E-state index contributed by atoms with van der Waals surface area (Å²) >= 11 is 0. The van der Waals surface area contributed by atoms with Crippen LogP contribution in [0.3, 0.4) is 0 Å². The minimum absolute atomic E-state index is 0.0161.